The summed E-state index contributed by atoms with van der Waals surface area (Å²) in [6.07, 6.45) is 1.33. The molecule has 0 amide bonds. The quantitative estimate of drug-likeness (QED) is 0.679. The van der Waals surface area contributed by atoms with Crippen molar-refractivity contribution >= 4 is 34.8 Å². The third-order valence-corrected chi connectivity index (χ3v) is 2.99. The van der Waals surface area contributed by atoms with E-state index in [1.54, 1.807) is 24.3 Å². The van der Waals surface area contributed by atoms with Crippen molar-refractivity contribution in [2.45, 2.75) is 0 Å². The van der Waals surface area contributed by atoms with Gasteiger partial charge in [-0.1, -0.05) is 34.8 Å². The summed E-state index contributed by atoms with van der Waals surface area (Å²) in [5.74, 6) is -0.727. The van der Waals surface area contributed by atoms with Gasteiger partial charge in [-0.05, 0) is 24.3 Å². The smallest absolute Gasteiger partial charge is 0.227 e. The van der Waals surface area contributed by atoms with Gasteiger partial charge in [-0.25, -0.2) is 4.98 Å². The molecule has 0 spiro atoms. The summed E-state index contributed by atoms with van der Waals surface area (Å²) in [6, 6.07) is 6.50. The maximum atomic E-state index is 13.2. The Labute approximate surface area is 107 Å². The topological polar surface area (TPSA) is 12.9 Å². The van der Waals surface area contributed by atoms with Crippen LogP contribution in [0.2, 0.25) is 15.1 Å². The molecule has 0 saturated carbocycles. The van der Waals surface area contributed by atoms with Crippen molar-refractivity contribution in [3.8, 4) is 11.1 Å². The van der Waals surface area contributed by atoms with Gasteiger partial charge in [0, 0.05) is 27.4 Å². The van der Waals surface area contributed by atoms with E-state index >= 15 is 0 Å². The Morgan fingerprint density at radius 3 is 2.50 bits per heavy atom. The Balaban J connectivity index is 2.67. The van der Waals surface area contributed by atoms with E-state index in [2.05, 4.69) is 4.98 Å². The van der Waals surface area contributed by atoms with Gasteiger partial charge >= 0.3 is 0 Å². The maximum Gasteiger partial charge on any atom is 0.232 e. The van der Waals surface area contributed by atoms with E-state index in [0.717, 1.165) is 0 Å². The summed E-state index contributed by atoms with van der Waals surface area (Å²) >= 11 is 17.7. The molecule has 0 aliphatic rings. The highest BCUT2D eigenvalue weighted by Crippen LogP contribution is 2.35. The molecule has 0 fully saturated rings. The first-order valence-corrected chi connectivity index (χ1v) is 5.48. The normalized spacial score (nSPS) is 10.5. The standard InChI is InChI=1S/C11H5Cl3FN/c12-6-1-2-9(13)8(5-6)7-3-4-16-11(15)10(7)14/h1-5H. The van der Waals surface area contributed by atoms with E-state index in [4.69, 9.17) is 34.8 Å². The van der Waals surface area contributed by atoms with Gasteiger partial charge in [-0.3, -0.25) is 0 Å². The predicted molar refractivity (Wildman–Crippen MR) is 64.7 cm³/mol. The lowest BCUT2D eigenvalue weighted by Gasteiger charge is -2.07. The van der Waals surface area contributed by atoms with Crippen molar-refractivity contribution in [1.82, 2.24) is 4.98 Å². The van der Waals surface area contributed by atoms with Crippen LogP contribution in [0, 0.1) is 5.95 Å². The summed E-state index contributed by atoms with van der Waals surface area (Å²) < 4.78 is 13.2. The molecule has 1 heterocycles. The molecular formula is C11H5Cl3FN. The second-order valence-corrected chi connectivity index (χ2v) is 4.31. The number of halogens is 4. The van der Waals surface area contributed by atoms with Crippen LogP contribution in [0.1, 0.15) is 0 Å². The minimum atomic E-state index is -0.727. The molecular weight excluding hydrogens is 271 g/mol. The molecule has 1 aromatic carbocycles. The molecule has 0 aliphatic carbocycles. The van der Waals surface area contributed by atoms with Crippen molar-refractivity contribution < 1.29 is 4.39 Å². The highest BCUT2D eigenvalue weighted by molar-refractivity contribution is 6.37. The minimum absolute atomic E-state index is 0.0633. The summed E-state index contributed by atoms with van der Waals surface area (Å²) in [7, 11) is 0. The SMILES string of the molecule is Fc1nccc(-c2cc(Cl)ccc2Cl)c1Cl. The van der Waals surface area contributed by atoms with Gasteiger partial charge in [0.2, 0.25) is 5.95 Å². The Hall–Kier alpha value is -0.830. The van der Waals surface area contributed by atoms with Crippen LogP contribution in [0.3, 0.4) is 0 Å². The van der Waals surface area contributed by atoms with Crippen LogP contribution in [0.25, 0.3) is 11.1 Å². The lowest BCUT2D eigenvalue weighted by molar-refractivity contribution is 0.585. The first-order valence-electron chi connectivity index (χ1n) is 4.35. The van der Waals surface area contributed by atoms with E-state index < -0.39 is 5.95 Å². The molecule has 5 heteroatoms. The van der Waals surface area contributed by atoms with Gasteiger partial charge in [-0.2, -0.15) is 4.39 Å². The van der Waals surface area contributed by atoms with Gasteiger partial charge in [0.1, 0.15) is 5.02 Å². The Morgan fingerprint density at radius 1 is 1.00 bits per heavy atom. The van der Waals surface area contributed by atoms with Crippen molar-refractivity contribution in [3.05, 3.63) is 51.5 Å². The van der Waals surface area contributed by atoms with Crippen LogP contribution in [0.5, 0.6) is 0 Å². The molecule has 1 aromatic heterocycles. The molecule has 0 N–H and O–H groups in total. The fourth-order valence-electron chi connectivity index (χ4n) is 1.33. The fourth-order valence-corrected chi connectivity index (χ4v) is 1.94. The fraction of sp³-hybridized carbons (Fsp3) is 0. The molecule has 0 aliphatic heterocycles. The molecule has 1 nitrogen and oxygen atoms in total. The average Bonchev–Trinajstić information content (AvgIpc) is 2.26. The third-order valence-electron chi connectivity index (χ3n) is 2.07. The number of hydrogen-bond acceptors (Lipinski definition) is 1. The average molecular weight is 277 g/mol. The number of benzene rings is 1. The highest BCUT2D eigenvalue weighted by Gasteiger charge is 2.12. The van der Waals surface area contributed by atoms with Gasteiger partial charge in [0.15, 0.2) is 0 Å². The van der Waals surface area contributed by atoms with E-state index in [0.29, 0.717) is 21.2 Å². The van der Waals surface area contributed by atoms with Crippen LogP contribution < -0.4 is 0 Å². The maximum absolute atomic E-state index is 13.2. The summed E-state index contributed by atoms with van der Waals surface area (Å²) in [5, 5.41) is 0.899. The lowest BCUT2D eigenvalue weighted by atomic mass is 10.1. The molecule has 82 valence electrons. The van der Waals surface area contributed by atoms with E-state index in [1.807, 2.05) is 0 Å². The first-order chi connectivity index (χ1) is 7.59. The number of aromatic nitrogens is 1. The van der Waals surface area contributed by atoms with Crippen molar-refractivity contribution in [2.75, 3.05) is 0 Å². The number of pyridine rings is 1. The number of rotatable bonds is 1. The summed E-state index contributed by atoms with van der Waals surface area (Å²) in [5.41, 5.74) is 1.06. The lowest BCUT2D eigenvalue weighted by Crippen LogP contribution is -1.88. The highest BCUT2D eigenvalue weighted by atomic mass is 35.5. The second-order valence-electron chi connectivity index (χ2n) is 3.09. The van der Waals surface area contributed by atoms with E-state index in [-0.39, 0.29) is 5.02 Å². The van der Waals surface area contributed by atoms with Crippen molar-refractivity contribution in [3.63, 3.8) is 0 Å². The van der Waals surface area contributed by atoms with Crippen LogP contribution in [-0.2, 0) is 0 Å². The predicted octanol–water partition coefficient (Wildman–Crippen LogP) is 4.85. The molecule has 0 atom stereocenters. The van der Waals surface area contributed by atoms with Crippen LogP contribution in [-0.4, -0.2) is 4.98 Å². The largest absolute Gasteiger partial charge is 0.232 e. The van der Waals surface area contributed by atoms with Crippen molar-refractivity contribution in [1.29, 1.82) is 0 Å². The molecule has 16 heavy (non-hydrogen) atoms. The van der Waals surface area contributed by atoms with Crippen LogP contribution >= 0.6 is 34.8 Å². The summed E-state index contributed by atoms with van der Waals surface area (Å²) in [6.45, 7) is 0. The minimum Gasteiger partial charge on any atom is -0.227 e. The van der Waals surface area contributed by atoms with E-state index in [1.165, 1.54) is 6.20 Å². The molecule has 0 unspecified atom stereocenters. The summed E-state index contributed by atoms with van der Waals surface area (Å²) in [4.78, 5) is 3.44. The zero-order chi connectivity index (χ0) is 11.7. The Morgan fingerprint density at radius 2 is 1.75 bits per heavy atom. The van der Waals surface area contributed by atoms with Crippen molar-refractivity contribution in [2.24, 2.45) is 0 Å². The zero-order valence-corrected chi connectivity index (χ0v) is 10.1. The van der Waals surface area contributed by atoms with Gasteiger partial charge in [-0.15, -0.1) is 0 Å². The van der Waals surface area contributed by atoms with Gasteiger partial charge in [0.05, 0.1) is 0 Å². The van der Waals surface area contributed by atoms with Crippen LogP contribution in [0.15, 0.2) is 30.5 Å². The number of nitrogens with zero attached hydrogens (tertiary/aromatic N) is 1. The Kier molecular flexibility index (Phi) is 3.33. The number of hydrogen-bond donors (Lipinski definition) is 0. The molecule has 0 radical (unpaired) electrons. The molecule has 0 saturated heterocycles. The first kappa shape index (κ1) is 11.6. The second kappa shape index (κ2) is 4.58. The zero-order valence-electron chi connectivity index (χ0n) is 7.85. The third kappa shape index (κ3) is 2.14. The van der Waals surface area contributed by atoms with Gasteiger partial charge < -0.3 is 0 Å². The molecule has 0 bridgehead atoms. The van der Waals surface area contributed by atoms with Gasteiger partial charge in [0.25, 0.3) is 0 Å². The van der Waals surface area contributed by atoms with E-state index in [9.17, 15) is 4.39 Å². The van der Waals surface area contributed by atoms with Crippen LogP contribution in [0.4, 0.5) is 4.39 Å². The molecule has 2 aromatic rings. The Bertz CT molecular complexity index is 543. The molecule has 2 rings (SSSR count). The monoisotopic (exact) mass is 275 g/mol.